The SMILES string of the molecule is O=C(Cn1nnc(-c2cccc(F)c2)n1)NNC(=O)c1ccc([N+](=O)[O-])cc1. The number of hydrazine groups is 1. The maximum Gasteiger partial charge on any atom is 0.269 e. The number of nitro groups is 1. The molecule has 28 heavy (non-hydrogen) atoms. The van der Waals surface area contributed by atoms with Gasteiger partial charge >= 0.3 is 0 Å². The van der Waals surface area contributed by atoms with E-state index in [0.717, 1.165) is 4.80 Å². The Balaban J connectivity index is 1.54. The zero-order valence-corrected chi connectivity index (χ0v) is 14.1. The number of non-ortho nitro benzene ring substituents is 1. The minimum Gasteiger partial charge on any atom is -0.271 e. The lowest BCUT2D eigenvalue weighted by molar-refractivity contribution is -0.384. The van der Waals surface area contributed by atoms with Gasteiger partial charge in [-0.2, -0.15) is 4.80 Å². The molecular weight excluding hydrogens is 373 g/mol. The van der Waals surface area contributed by atoms with E-state index in [-0.39, 0.29) is 23.6 Å². The summed E-state index contributed by atoms with van der Waals surface area (Å²) in [7, 11) is 0. The van der Waals surface area contributed by atoms with E-state index in [1.807, 2.05) is 0 Å². The number of hydrogen-bond donors (Lipinski definition) is 2. The molecule has 2 aromatic carbocycles. The predicted octanol–water partition coefficient (Wildman–Crippen LogP) is 0.849. The van der Waals surface area contributed by atoms with Gasteiger partial charge in [-0.05, 0) is 29.5 Å². The number of carbonyl (C=O) groups is 2. The van der Waals surface area contributed by atoms with Crippen LogP contribution >= 0.6 is 0 Å². The largest absolute Gasteiger partial charge is 0.271 e. The van der Waals surface area contributed by atoms with Gasteiger partial charge in [-0.15, -0.1) is 10.2 Å². The third kappa shape index (κ3) is 4.49. The molecule has 0 aliphatic rings. The van der Waals surface area contributed by atoms with Crippen LogP contribution in [0.1, 0.15) is 10.4 Å². The lowest BCUT2D eigenvalue weighted by Crippen LogP contribution is -2.43. The molecule has 2 amide bonds. The van der Waals surface area contributed by atoms with Crippen molar-refractivity contribution < 1.29 is 18.9 Å². The molecule has 0 unspecified atom stereocenters. The van der Waals surface area contributed by atoms with Crippen LogP contribution in [-0.4, -0.2) is 36.9 Å². The minimum atomic E-state index is -0.657. The van der Waals surface area contributed by atoms with Crippen LogP contribution in [0.25, 0.3) is 11.4 Å². The standard InChI is InChI=1S/C16H12FN7O4/c17-12-3-1-2-11(8-12)15-19-22-23(21-15)9-14(25)18-20-16(26)10-4-6-13(7-5-10)24(27)28/h1-8H,9H2,(H,18,25)(H,20,26). The second kappa shape index (κ2) is 7.99. The number of nitrogens with one attached hydrogen (secondary N) is 2. The summed E-state index contributed by atoms with van der Waals surface area (Å²) >= 11 is 0. The fraction of sp³-hybridized carbons (Fsp3) is 0.0625. The average Bonchev–Trinajstić information content (AvgIpc) is 3.14. The van der Waals surface area contributed by atoms with Crippen LogP contribution in [0.15, 0.2) is 48.5 Å². The molecule has 3 rings (SSSR count). The monoisotopic (exact) mass is 385 g/mol. The Kier molecular flexibility index (Phi) is 5.30. The third-order valence-corrected chi connectivity index (χ3v) is 3.48. The van der Waals surface area contributed by atoms with Crippen LogP contribution in [0, 0.1) is 15.9 Å². The van der Waals surface area contributed by atoms with Crippen LogP contribution in [0.2, 0.25) is 0 Å². The van der Waals surface area contributed by atoms with Gasteiger partial charge in [0.25, 0.3) is 17.5 Å². The molecule has 0 fully saturated rings. The van der Waals surface area contributed by atoms with Crippen molar-refractivity contribution in [3.05, 3.63) is 70.0 Å². The molecule has 0 bridgehead atoms. The summed E-state index contributed by atoms with van der Waals surface area (Å²) in [6.07, 6.45) is 0. The molecule has 0 atom stereocenters. The van der Waals surface area contributed by atoms with Gasteiger partial charge in [0.2, 0.25) is 5.82 Å². The lowest BCUT2D eigenvalue weighted by atomic mass is 10.2. The molecule has 3 aromatic rings. The second-order valence-corrected chi connectivity index (χ2v) is 5.46. The first-order chi connectivity index (χ1) is 13.4. The van der Waals surface area contributed by atoms with E-state index in [1.165, 1.54) is 42.5 Å². The highest BCUT2D eigenvalue weighted by Crippen LogP contribution is 2.14. The van der Waals surface area contributed by atoms with E-state index in [4.69, 9.17) is 0 Å². The molecule has 11 nitrogen and oxygen atoms in total. The minimum absolute atomic E-state index is 0.123. The smallest absolute Gasteiger partial charge is 0.269 e. The van der Waals surface area contributed by atoms with E-state index in [2.05, 4.69) is 26.3 Å². The summed E-state index contributed by atoms with van der Waals surface area (Å²) in [6.45, 7) is -0.344. The zero-order chi connectivity index (χ0) is 20.1. The summed E-state index contributed by atoms with van der Waals surface area (Å²) in [5, 5.41) is 22.0. The Morgan fingerprint density at radius 2 is 1.89 bits per heavy atom. The van der Waals surface area contributed by atoms with Gasteiger partial charge in [-0.25, -0.2) is 4.39 Å². The molecule has 0 aliphatic carbocycles. The van der Waals surface area contributed by atoms with Crippen LogP contribution < -0.4 is 10.9 Å². The van der Waals surface area contributed by atoms with Crippen LogP contribution in [-0.2, 0) is 11.3 Å². The molecule has 0 aliphatic heterocycles. The summed E-state index contributed by atoms with van der Waals surface area (Å²) in [5.41, 5.74) is 4.69. The van der Waals surface area contributed by atoms with Crippen molar-refractivity contribution in [1.29, 1.82) is 0 Å². The first kappa shape index (κ1) is 18.6. The van der Waals surface area contributed by atoms with Crippen molar-refractivity contribution in [2.24, 2.45) is 0 Å². The number of nitrogens with zero attached hydrogens (tertiary/aromatic N) is 5. The summed E-state index contributed by atoms with van der Waals surface area (Å²) in [6, 6.07) is 10.4. The number of benzene rings is 2. The number of tetrazole rings is 1. The highest BCUT2D eigenvalue weighted by molar-refractivity contribution is 5.95. The number of nitro benzene ring substituents is 1. The topological polar surface area (TPSA) is 145 Å². The molecule has 142 valence electrons. The molecule has 1 heterocycles. The van der Waals surface area contributed by atoms with Crippen molar-refractivity contribution >= 4 is 17.5 Å². The molecule has 0 saturated carbocycles. The summed E-state index contributed by atoms with van der Waals surface area (Å²) in [5.74, 6) is -1.61. The zero-order valence-electron chi connectivity index (χ0n) is 14.1. The van der Waals surface area contributed by atoms with Gasteiger partial charge in [0, 0.05) is 23.3 Å². The second-order valence-electron chi connectivity index (χ2n) is 5.46. The molecule has 0 spiro atoms. The highest BCUT2D eigenvalue weighted by atomic mass is 19.1. The van der Waals surface area contributed by atoms with E-state index >= 15 is 0 Å². The van der Waals surface area contributed by atoms with E-state index in [9.17, 15) is 24.1 Å². The normalized spacial score (nSPS) is 10.3. The van der Waals surface area contributed by atoms with Gasteiger partial charge in [0.15, 0.2) is 0 Å². The Hall–Kier alpha value is -4.22. The van der Waals surface area contributed by atoms with Crippen molar-refractivity contribution in [1.82, 2.24) is 31.1 Å². The predicted molar refractivity (Wildman–Crippen MR) is 91.9 cm³/mol. The highest BCUT2D eigenvalue weighted by Gasteiger charge is 2.12. The number of carbonyl (C=O) groups excluding carboxylic acids is 2. The van der Waals surface area contributed by atoms with Crippen LogP contribution in [0.5, 0.6) is 0 Å². The van der Waals surface area contributed by atoms with Gasteiger partial charge < -0.3 is 0 Å². The Morgan fingerprint density at radius 1 is 1.14 bits per heavy atom. The number of aromatic nitrogens is 4. The molecule has 12 heteroatoms. The lowest BCUT2D eigenvalue weighted by Gasteiger charge is -2.06. The van der Waals surface area contributed by atoms with Crippen molar-refractivity contribution in [3.8, 4) is 11.4 Å². The number of halogens is 1. The molecule has 0 radical (unpaired) electrons. The Bertz CT molecular complexity index is 1040. The first-order valence-corrected chi connectivity index (χ1v) is 7.80. The Morgan fingerprint density at radius 3 is 2.57 bits per heavy atom. The van der Waals surface area contributed by atoms with Gasteiger partial charge in [0.1, 0.15) is 12.4 Å². The third-order valence-electron chi connectivity index (χ3n) is 3.48. The number of hydrogen-bond acceptors (Lipinski definition) is 7. The molecule has 0 saturated heterocycles. The molecule has 2 N–H and O–H groups in total. The Labute approximate surface area is 156 Å². The average molecular weight is 385 g/mol. The summed E-state index contributed by atoms with van der Waals surface area (Å²) < 4.78 is 13.2. The van der Waals surface area contributed by atoms with Gasteiger partial charge in [-0.3, -0.25) is 30.6 Å². The van der Waals surface area contributed by atoms with Crippen LogP contribution in [0.4, 0.5) is 10.1 Å². The van der Waals surface area contributed by atoms with Crippen molar-refractivity contribution in [3.63, 3.8) is 0 Å². The molecule has 1 aromatic heterocycles. The van der Waals surface area contributed by atoms with E-state index < -0.39 is 22.6 Å². The van der Waals surface area contributed by atoms with Gasteiger partial charge in [0.05, 0.1) is 4.92 Å². The number of rotatable bonds is 5. The molecular formula is C16H12FN7O4. The van der Waals surface area contributed by atoms with E-state index in [0.29, 0.717) is 5.56 Å². The van der Waals surface area contributed by atoms with Crippen LogP contribution in [0.3, 0.4) is 0 Å². The van der Waals surface area contributed by atoms with E-state index in [1.54, 1.807) is 6.07 Å². The van der Waals surface area contributed by atoms with Crippen molar-refractivity contribution in [2.75, 3.05) is 0 Å². The first-order valence-electron chi connectivity index (χ1n) is 7.80. The fourth-order valence-corrected chi connectivity index (χ4v) is 2.15. The maximum absolute atomic E-state index is 13.2. The number of amides is 2. The summed E-state index contributed by atoms with van der Waals surface area (Å²) in [4.78, 5) is 34.8. The van der Waals surface area contributed by atoms with Crippen molar-refractivity contribution in [2.45, 2.75) is 6.54 Å². The quantitative estimate of drug-likeness (QED) is 0.489. The van der Waals surface area contributed by atoms with Gasteiger partial charge in [-0.1, -0.05) is 12.1 Å². The maximum atomic E-state index is 13.2. The fourth-order valence-electron chi connectivity index (χ4n) is 2.15.